The Kier molecular flexibility index (Phi) is 6.94. The van der Waals surface area contributed by atoms with Gasteiger partial charge >= 0.3 is 0 Å². The van der Waals surface area contributed by atoms with Crippen LogP contribution in [0.5, 0.6) is 0 Å². The lowest BCUT2D eigenvalue weighted by Gasteiger charge is -2.31. The number of carbonyl (C=O) groups is 1. The van der Waals surface area contributed by atoms with Gasteiger partial charge in [0, 0.05) is 37.9 Å². The van der Waals surface area contributed by atoms with Crippen molar-refractivity contribution in [1.82, 2.24) is 20.4 Å². The maximum absolute atomic E-state index is 12.7. The monoisotopic (exact) mass is 419 g/mol. The van der Waals surface area contributed by atoms with Gasteiger partial charge in [-0.15, -0.1) is 0 Å². The second-order valence-corrected chi connectivity index (χ2v) is 8.00. The van der Waals surface area contributed by atoms with Gasteiger partial charge in [-0.25, -0.2) is 0 Å². The maximum Gasteiger partial charge on any atom is 0.241 e. The highest BCUT2D eigenvalue weighted by molar-refractivity contribution is 5.79. The normalized spacial score (nSPS) is 16.7. The van der Waals surface area contributed by atoms with Crippen LogP contribution in [0.15, 0.2) is 65.2 Å². The van der Waals surface area contributed by atoms with Crippen molar-refractivity contribution in [1.29, 1.82) is 0 Å². The number of nitrogens with one attached hydrogen (secondary N) is 1. The summed E-state index contributed by atoms with van der Waals surface area (Å²) in [4.78, 5) is 21.6. The topological polar surface area (TPSA) is 74.5 Å². The second kappa shape index (κ2) is 10.2. The lowest BCUT2D eigenvalue weighted by Crippen LogP contribution is -2.44. The van der Waals surface area contributed by atoms with Crippen molar-refractivity contribution < 1.29 is 9.32 Å². The summed E-state index contributed by atoms with van der Waals surface area (Å²) in [5, 5.41) is 7.20. The van der Waals surface area contributed by atoms with Gasteiger partial charge in [-0.2, -0.15) is 4.98 Å². The van der Waals surface area contributed by atoms with E-state index >= 15 is 0 Å². The molecule has 1 aliphatic heterocycles. The summed E-state index contributed by atoms with van der Waals surface area (Å²) >= 11 is 0. The number of carbonyl (C=O) groups excluding carboxylic acids is 1. The number of aromatic nitrogens is 2. The highest BCUT2D eigenvalue weighted by Gasteiger charge is 2.26. The molecular weight excluding hydrogens is 390 g/mol. The van der Waals surface area contributed by atoms with Gasteiger partial charge in [0.05, 0.1) is 12.5 Å². The van der Waals surface area contributed by atoms with Crippen LogP contribution in [0.4, 0.5) is 5.69 Å². The quantitative estimate of drug-likeness (QED) is 0.604. The molecule has 1 saturated heterocycles. The van der Waals surface area contributed by atoms with Crippen molar-refractivity contribution in [2.45, 2.75) is 19.4 Å². The van der Waals surface area contributed by atoms with Crippen molar-refractivity contribution in [3.63, 3.8) is 0 Å². The van der Waals surface area contributed by atoms with Crippen LogP contribution >= 0.6 is 0 Å². The molecule has 1 fully saturated rings. The first kappa shape index (κ1) is 21.1. The number of piperidine rings is 1. The summed E-state index contributed by atoms with van der Waals surface area (Å²) in [5.41, 5.74) is 2.09. The Bertz CT molecular complexity index is 960. The molecule has 2 aromatic carbocycles. The third kappa shape index (κ3) is 5.70. The molecule has 3 aromatic rings. The fraction of sp³-hybridized carbons (Fsp3) is 0.375. The molecular formula is C24H29N5O2. The van der Waals surface area contributed by atoms with Crippen LogP contribution in [-0.4, -0.2) is 54.2 Å². The molecule has 0 radical (unpaired) electrons. The van der Waals surface area contributed by atoms with Crippen molar-refractivity contribution in [2.75, 3.05) is 38.1 Å². The number of benzene rings is 2. The molecule has 1 aromatic heterocycles. The molecule has 1 N–H and O–H groups in total. The maximum atomic E-state index is 12.7. The third-order valence-corrected chi connectivity index (χ3v) is 5.68. The van der Waals surface area contributed by atoms with Gasteiger partial charge in [-0.1, -0.05) is 53.7 Å². The lowest BCUT2D eigenvalue weighted by atomic mass is 9.97. The number of likely N-dealkylation sites (N-methyl/N-ethyl adjacent to an activating group) is 1. The van der Waals surface area contributed by atoms with Gasteiger partial charge < -0.3 is 14.7 Å². The van der Waals surface area contributed by atoms with Crippen LogP contribution in [0.25, 0.3) is 11.4 Å². The molecule has 1 amide bonds. The lowest BCUT2D eigenvalue weighted by molar-refractivity contribution is -0.126. The minimum atomic E-state index is -0.00713. The molecule has 1 aliphatic rings. The molecule has 4 rings (SSSR count). The number of amides is 1. The molecule has 2 heterocycles. The van der Waals surface area contributed by atoms with Gasteiger partial charge in [0.25, 0.3) is 0 Å². The van der Waals surface area contributed by atoms with E-state index in [4.69, 9.17) is 4.52 Å². The summed E-state index contributed by atoms with van der Waals surface area (Å²) in [5.74, 6) is 1.31. The fourth-order valence-electron chi connectivity index (χ4n) is 3.93. The average Bonchev–Trinajstić information content (AvgIpc) is 3.29. The number of likely N-dealkylation sites (tertiary alicyclic amines) is 1. The Morgan fingerprint density at radius 3 is 2.68 bits per heavy atom. The van der Waals surface area contributed by atoms with E-state index in [2.05, 4.69) is 37.4 Å². The number of hydrogen-bond acceptors (Lipinski definition) is 6. The van der Waals surface area contributed by atoms with E-state index in [9.17, 15) is 4.79 Å². The number of hydrogen-bond donors (Lipinski definition) is 1. The van der Waals surface area contributed by atoms with Crippen LogP contribution in [0.3, 0.4) is 0 Å². The largest absolute Gasteiger partial charge is 0.373 e. The Hall–Kier alpha value is -3.19. The molecule has 0 bridgehead atoms. The molecule has 31 heavy (non-hydrogen) atoms. The van der Waals surface area contributed by atoms with Gasteiger partial charge in [-0.3, -0.25) is 9.69 Å². The molecule has 0 aliphatic carbocycles. The van der Waals surface area contributed by atoms with E-state index in [1.165, 1.54) is 0 Å². The van der Waals surface area contributed by atoms with E-state index < -0.39 is 0 Å². The Morgan fingerprint density at radius 1 is 1.16 bits per heavy atom. The molecule has 7 nitrogen and oxygen atoms in total. The zero-order chi connectivity index (χ0) is 21.5. The minimum absolute atomic E-state index is 0.00713. The minimum Gasteiger partial charge on any atom is -0.373 e. The van der Waals surface area contributed by atoms with Crippen LogP contribution in [0.1, 0.15) is 18.7 Å². The van der Waals surface area contributed by atoms with Crippen LogP contribution in [0, 0.1) is 5.92 Å². The molecule has 7 heteroatoms. The van der Waals surface area contributed by atoms with Crippen LogP contribution < -0.4 is 10.2 Å². The van der Waals surface area contributed by atoms with E-state index in [-0.39, 0.29) is 11.8 Å². The van der Waals surface area contributed by atoms with Gasteiger partial charge in [0.2, 0.25) is 17.6 Å². The highest BCUT2D eigenvalue weighted by atomic mass is 16.5. The van der Waals surface area contributed by atoms with Gasteiger partial charge in [0.15, 0.2) is 0 Å². The summed E-state index contributed by atoms with van der Waals surface area (Å²) < 4.78 is 5.44. The summed E-state index contributed by atoms with van der Waals surface area (Å²) in [6, 6.07) is 20.0. The summed E-state index contributed by atoms with van der Waals surface area (Å²) in [6.07, 6.45) is 1.90. The van der Waals surface area contributed by atoms with Crippen molar-refractivity contribution in [3.8, 4) is 11.4 Å². The van der Waals surface area contributed by atoms with Crippen molar-refractivity contribution >= 4 is 11.6 Å². The van der Waals surface area contributed by atoms with Crippen LogP contribution in [0.2, 0.25) is 0 Å². The average molecular weight is 420 g/mol. The number of nitrogens with zero attached hydrogens (tertiary/aromatic N) is 4. The molecule has 0 saturated carbocycles. The second-order valence-electron chi connectivity index (χ2n) is 8.00. The zero-order valence-corrected chi connectivity index (χ0v) is 17.9. The molecule has 1 atom stereocenters. The first-order valence-corrected chi connectivity index (χ1v) is 10.8. The van der Waals surface area contributed by atoms with Crippen LogP contribution in [-0.2, 0) is 11.3 Å². The fourth-order valence-corrected chi connectivity index (χ4v) is 3.93. The third-order valence-electron chi connectivity index (χ3n) is 5.68. The Balaban J connectivity index is 1.24. The zero-order valence-electron chi connectivity index (χ0n) is 17.9. The van der Waals surface area contributed by atoms with Gasteiger partial charge in [-0.05, 0) is 31.5 Å². The van der Waals surface area contributed by atoms with E-state index in [0.29, 0.717) is 31.3 Å². The van der Waals surface area contributed by atoms with Gasteiger partial charge in [0.1, 0.15) is 0 Å². The number of rotatable bonds is 8. The SMILES string of the molecule is CN(CCNC(=O)C1CCCN(Cc2nc(-c3ccccc3)no2)C1)c1ccccc1. The Labute approximate surface area is 183 Å². The summed E-state index contributed by atoms with van der Waals surface area (Å²) in [6.45, 7) is 3.62. The predicted octanol–water partition coefficient (Wildman–Crippen LogP) is 3.20. The standard InChI is InChI=1S/C24H29N5O2/c1-28(21-12-6-3-7-13-21)16-14-25-24(30)20-11-8-15-29(17-20)18-22-26-23(27-31-22)19-9-4-2-5-10-19/h2-7,9-10,12-13,20H,8,11,14-18H2,1H3,(H,25,30). The number of para-hydroxylation sites is 1. The number of anilines is 1. The predicted molar refractivity (Wildman–Crippen MR) is 120 cm³/mol. The Morgan fingerprint density at radius 2 is 1.90 bits per heavy atom. The molecule has 0 spiro atoms. The smallest absolute Gasteiger partial charge is 0.241 e. The van der Waals surface area contributed by atoms with E-state index in [1.807, 2.05) is 55.6 Å². The first-order chi connectivity index (χ1) is 15.2. The van der Waals surface area contributed by atoms with Crippen molar-refractivity contribution in [3.05, 3.63) is 66.6 Å². The molecule has 162 valence electrons. The van der Waals surface area contributed by atoms with E-state index in [1.54, 1.807) is 0 Å². The summed E-state index contributed by atoms with van der Waals surface area (Å²) in [7, 11) is 2.04. The van der Waals surface area contributed by atoms with E-state index in [0.717, 1.165) is 37.2 Å². The molecule has 1 unspecified atom stereocenters. The van der Waals surface area contributed by atoms with Crippen molar-refractivity contribution in [2.24, 2.45) is 5.92 Å². The highest BCUT2D eigenvalue weighted by Crippen LogP contribution is 2.20. The first-order valence-electron chi connectivity index (χ1n) is 10.8.